The van der Waals surface area contributed by atoms with Crippen molar-refractivity contribution in [3.05, 3.63) is 33.4 Å². The van der Waals surface area contributed by atoms with Gasteiger partial charge in [0, 0.05) is 3.57 Å². The van der Waals surface area contributed by atoms with E-state index >= 15 is 0 Å². The summed E-state index contributed by atoms with van der Waals surface area (Å²) < 4.78 is 1.36. The Morgan fingerprint density at radius 3 is 2.37 bits per heavy atom. The topological polar surface area (TPSA) is 0 Å². The molecule has 0 heterocycles. The second-order valence-electron chi connectivity index (χ2n) is 6.67. The predicted molar refractivity (Wildman–Crippen MR) is 90.4 cm³/mol. The largest absolute Gasteiger partial charge is 0.0651 e. The highest BCUT2D eigenvalue weighted by Gasteiger charge is 2.35. The Morgan fingerprint density at radius 2 is 1.63 bits per heavy atom. The SMILES string of the molecule is CC[C@H]1CC[C@@H]2C[C@H](c3ccc(I)cc3)CC[C@H]2C1. The highest BCUT2D eigenvalue weighted by atomic mass is 127. The Kier molecular flexibility index (Phi) is 4.51. The van der Waals surface area contributed by atoms with Crippen molar-refractivity contribution in [2.24, 2.45) is 17.8 Å². The predicted octanol–water partition coefficient (Wildman–Crippen LogP) is 6.00. The molecular formula is C18H25I. The van der Waals surface area contributed by atoms with Crippen LogP contribution in [0.3, 0.4) is 0 Å². The van der Waals surface area contributed by atoms with Crippen LogP contribution in [0.1, 0.15) is 63.4 Å². The van der Waals surface area contributed by atoms with Crippen molar-refractivity contribution in [1.29, 1.82) is 0 Å². The van der Waals surface area contributed by atoms with Crippen LogP contribution in [-0.4, -0.2) is 0 Å². The van der Waals surface area contributed by atoms with E-state index in [0.29, 0.717) is 0 Å². The monoisotopic (exact) mass is 368 g/mol. The van der Waals surface area contributed by atoms with Gasteiger partial charge in [0.15, 0.2) is 0 Å². The maximum atomic E-state index is 2.40. The van der Waals surface area contributed by atoms with Crippen LogP contribution in [0.2, 0.25) is 0 Å². The van der Waals surface area contributed by atoms with Crippen molar-refractivity contribution in [1.82, 2.24) is 0 Å². The maximum absolute atomic E-state index is 2.40. The molecule has 0 spiro atoms. The van der Waals surface area contributed by atoms with Crippen LogP contribution in [0.25, 0.3) is 0 Å². The number of benzene rings is 1. The lowest BCUT2D eigenvalue weighted by molar-refractivity contribution is 0.116. The minimum atomic E-state index is 0.844. The third-order valence-electron chi connectivity index (χ3n) is 5.64. The van der Waals surface area contributed by atoms with Gasteiger partial charge in [-0.3, -0.25) is 0 Å². The first kappa shape index (κ1) is 13.9. The van der Waals surface area contributed by atoms with Crippen molar-refractivity contribution in [3.63, 3.8) is 0 Å². The summed E-state index contributed by atoms with van der Waals surface area (Å²) in [5.41, 5.74) is 1.59. The first-order chi connectivity index (χ1) is 9.26. The van der Waals surface area contributed by atoms with E-state index in [2.05, 4.69) is 53.8 Å². The summed E-state index contributed by atoms with van der Waals surface area (Å²) in [6, 6.07) is 9.28. The van der Waals surface area contributed by atoms with Crippen molar-refractivity contribution in [3.8, 4) is 0 Å². The number of hydrogen-bond donors (Lipinski definition) is 0. The standard InChI is InChI=1S/C18H25I/c1-2-13-3-4-17-12-16(6-5-15(17)11-13)14-7-9-18(19)10-8-14/h7-10,13,15-17H,2-6,11-12H2,1H3/t13-,15-,16+,17+/m0/s1. The molecule has 1 aromatic rings. The molecule has 2 fully saturated rings. The van der Waals surface area contributed by atoms with E-state index < -0.39 is 0 Å². The Balaban J connectivity index is 1.65. The fourth-order valence-electron chi connectivity index (χ4n) is 4.39. The molecular weight excluding hydrogens is 343 g/mol. The number of halogens is 1. The zero-order chi connectivity index (χ0) is 13.2. The lowest BCUT2D eigenvalue weighted by Gasteiger charge is -2.42. The molecule has 2 saturated carbocycles. The second kappa shape index (κ2) is 6.15. The molecule has 0 aromatic heterocycles. The van der Waals surface area contributed by atoms with E-state index in [1.54, 1.807) is 5.56 Å². The van der Waals surface area contributed by atoms with E-state index in [1.807, 2.05) is 0 Å². The molecule has 0 aliphatic heterocycles. The molecule has 0 bridgehead atoms. The van der Waals surface area contributed by atoms with Gasteiger partial charge in [0.2, 0.25) is 0 Å². The first-order valence-corrected chi connectivity index (χ1v) is 9.09. The Hall–Kier alpha value is -0.0500. The van der Waals surface area contributed by atoms with Crippen LogP contribution in [-0.2, 0) is 0 Å². The summed E-state index contributed by atoms with van der Waals surface area (Å²) >= 11 is 2.40. The summed E-state index contributed by atoms with van der Waals surface area (Å²) in [4.78, 5) is 0. The number of fused-ring (bicyclic) bond motifs is 1. The molecule has 1 aromatic carbocycles. The van der Waals surface area contributed by atoms with E-state index in [-0.39, 0.29) is 0 Å². The highest BCUT2D eigenvalue weighted by Crippen LogP contribution is 2.48. The molecule has 3 rings (SSSR count). The lowest BCUT2D eigenvalue weighted by atomic mass is 9.63. The van der Waals surface area contributed by atoms with Gasteiger partial charge in [-0.2, -0.15) is 0 Å². The zero-order valence-corrected chi connectivity index (χ0v) is 14.1. The molecule has 0 radical (unpaired) electrons. The van der Waals surface area contributed by atoms with Crippen LogP contribution < -0.4 is 0 Å². The molecule has 2 aliphatic carbocycles. The maximum Gasteiger partial charge on any atom is 0.0130 e. The van der Waals surface area contributed by atoms with Gasteiger partial charge in [0.1, 0.15) is 0 Å². The van der Waals surface area contributed by atoms with Crippen LogP contribution in [0.5, 0.6) is 0 Å². The van der Waals surface area contributed by atoms with Crippen LogP contribution in [0.15, 0.2) is 24.3 Å². The first-order valence-electron chi connectivity index (χ1n) is 8.01. The molecule has 0 saturated heterocycles. The summed E-state index contributed by atoms with van der Waals surface area (Å²) in [5.74, 6) is 3.96. The van der Waals surface area contributed by atoms with Gasteiger partial charge in [0.05, 0.1) is 0 Å². The summed E-state index contributed by atoms with van der Waals surface area (Å²) in [6.45, 7) is 2.38. The van der Waals surface area contributed by atoms with Gasteiger partial charge in [-0.15, -0.1) is 0 Å². The quantitative estimate of drug-likeness (QED) is 0.562. The Labute approximate surface area is 131 Å². The van der Waals surface area contributed by atoms with Gasteiger partial charge in [0.25, 0.3) is 0 Å². The number of rotatable bonds is 2. The third kappa shape index (κ3) is 3.17. The second-order valence-corrected chi connectivity index (χ2v) is 7.91. The fraction of sp³-hybridized carbons (Fsp3) is 0.667. The Bertz CT molecular complexity index is 408. The molecule has 0 unspecified atom stereocenters. The van der Waals surface area contributed by atoms with Crippen LogP contribution >= 0.6 is 22.6 Å². The van der Waals surface area contributed by atoms with Gasteiger partial charge >= 0.3 is 0 Å². The van der Waals surface area contributed by atoms with Crippen molar-refractivity contribution in [2.75, 3.05) is 0 Å². The van der Waals surface area contributed by atoms with Gasteiger partial charge < -0.3 is 0 Å². The van der Waals surface area contributed by atoms with E-state index in [1.165, 1.54) is 48.5 Å². The molecule has 0 nitrogen and oxygen atoms in total. The minimum absolute atomic E-state index is 0.844. The van der Waals surface area contributed by atoms with E-state index in [4.69, 9.17) is 0 Å². The average molecular weight is 368 g/mol. The molecule has 0 amide bonds. The summed E-state index contributed by atoms with van der Waals surface area (Å²) in [7, 11) is 0. The van der Waals surface area contributed by atoms with Crippen molar-refractivity contribution >= 4 is 22.6 Å². The third-order valence-corrected chi connectivity index (χ3v) is 6.36. The highest BCUT2D eigenvalue weighted by molar-refractivity contribution is 14.1. The summed E-state index contributed by atoms with van der Waals surface area (Å²) in [5, 5.41) is 0. The summed E-state index contributed by atoms with van der Waals surface area (Å²) in [6.07, 6.45) is 10.3. The minimum Gasteiger partial charge on any atom is -0.0651 e. The normalized spacial score (nSPS) is 34.8. The van der Waals surface area contributed by atoms with Gasteiger partial charge in [-0.25, -0.2) is 0 Å². The van der Waals surface area contributed by atoms with Gasteiger partial charge in [-0.05, 0) is 96.1 Å². The molecule has 1 heteroatoms. The van der Waals surface area contributed by atoms with Crippen molar-refractivity contribution in [2.45, 2.75) is 57.8 Å². The number of hydrogen-bond acceptors (Lipinski definition) is 0. The molecule has 104 valence electrons. The lowest BCUT2D eigenvalue weighted by Crippen LogP contribution is -2.30. The van der Waals surface area contributed by atoms with E-state index in [0.717, 1.165) is 23.7 Å². The fourth-order valence-corrected chi connectivity index (χ4v) is 4.75. The average Bonchev–Trinajstić information content (AvgIpc) is 2.47. The van der Waals surface area contributed by atoms with Crippen molar-refractivity contribution < 1.29 is 0 Å². The Morgan fingerprint density at radius 1 is 0.947 bits per heavy atom. The molecule has 19 heavy (non-hydrogen) atoms. The van der Waals surface area contributed by atoms with Gasteiger partial charge in [-0.1, -0.05) is 31.9 Å². The van der Waals surface area contributed by atoms with Crippen LogP contribution in [0, 0.1) is 21.3 Å². The smallest absolute Gasteiger partial charge is 0.0130 e. The van der Waals surface area contributed by atoms with Crippen LogP contribution in [0.4, 0.5) is 0 Å². The van der Waals surface area contributed by atoms with E-state index in [9.17, 15) is 0 Å². The zero-order valence-electron chi connectivity index (χ0n) is 11.9. The molecule has 0 N–H and O–H groups in total. The molecule has 4 atom stereocenters. The molecule has 2 aliphatic rings.